The number of rotatable bonds is 18. The van der Waals surface area contributed by atoms with Crippen LogP contribution >= 0.6 is 0 Å². The largest absolute Gasteiger partial charge is 0.493 e. The Bertz CT molecular complexity index is 882. The summed E-state index contributed by atoms with van der Waals surface area (Å²) >= 11 is 0. The SMILES string of the molecule is COCCCOc1cc(C[C@@H](C[C@H](N)[C@@H](O)C[C@H](C(=O)N[C@H]2COCC[C@H](OC)C2)C(C)C)C(C)C)ccc1OC. The van der Waals surface area contributed by atoms with Crippen molar-refractivity contribution in [3.63, 3.8) is 0 Å². The van der Waals surface area contributed by atoms with Gasteiger partial charge >= 0.3 is 0 Å². The third kappa shape index (κ3) is 12.1. The van der Waals surface area contributed by atoms with Crippen LogP contribution in [-0.2, 0) is 25.4 Å². The highest BCUT2D eigenvalue weighted by atomic mass is 16.5. The van der Waals surface area contributed by atoms with E-state index in [1.54, 1.807) is 21.3 Å². The summed E-state index contributed by atoms with van der Waals surface area (Å²) in [5.41, 5.74) is 7.73. The molecule has 9 nitrogen and oxygen atoms in total. The molecule has 2 rings (SSSR count). The second kappa shape index (κ2) is 18.6. The van der Waals surface area contributed by atoms with Gasteiger partial charge in [-0.1, -0.05) is 33.8 Å². The number of ether oxygens (including phenoxy) is 5. The quantitative estimate of drug-likeness (QED) is 0.223. The summed E-state index contributed by atoms with van der Waals surface area (Å²) in [4.78, 5) is 13.3. The predicted molar refractivity (Wildman–Crippen MR) is 161 cm³/mol. The highest BCUT2D eigenvalue weighted by Gasteiger charge is 2.32. The fourth-order valence-corrected chi connectivity index (χ4v) is 5.43. The molecule has 0 aromatic heterocycles. The zero-order valence-corrected chi connectivity index (χ0v) is 26.4. The van der Waals surface area contributed by atoms with E-state index in [1.165, 1.54) is 0 Å². The topological polar surface area (TPSA) is 122 Å². The van der Waals surface area contributed by atoms with Crippen LogP contribution in [0.5, 0.6) is 11.5 Å². The van der Waals surface area contributed by atoms with Crippen LogP contribution in [0.15, 0.2) is 18.2 Å². The van der Waals surface area contributed by atoms with Crippen LogP contribution in [0, 0.1) is 23.7 Å². The monoisotopic (exact) mass is 580 g/mol. The average molecular weight is 581 g/mol. The minimum Gasteiger partial charge on any atom is -0.493 e. The summed E-state index contributed by atoms with van der Waals surface area (Å²) in [6.07, 6.45) is 3.37. The Morgan fingerprint density at radius 2 is 1.85 bits per heavy atom. The lowest BCUT2D eigenvalue weighted by atomic mass is 9.80. The van der Waals surface area contributed by atoms with Gasteiger partial charge in [-0.2, -0.15) is 0 Å². The van der Waals surface area contributed by atoms with Crippen LogP contribution in [0.25, 0.3) is 0 Å². The van der Waals surface area contributed by atoms with Crippen molar-refractivity contribution in [1.29, 1.82) is 0 Å². The number of benzene rings is 1. The van der Waals surface area contributed by atoms with Crippen molar-refractivity contribution in [3.8, 4) is 11.5 Å². The maximum atomic E-state index is 13.3. The molecule has 6 atom stereocenters. The van der Waals surface area contributed by atoms with Crippen LogP contribution < -0.4 is 20.5 Å². The van der Waals surface area contributed by atoms with Crippen LogP contribution in [0.2, 0.25) is 0 Å². The van der Waals surface area contributed by atoms with Gasteiger partial charge in [0.25, 0.3) is 0 Å². The van der Waals surface area contributed by atoms with E-state index in [0.29, 0.717) is 50.9 Å². The molecule has 236 valence electrons. The van der Waals surface area contributed by atoms with Crippen molar-refractivity contribution in [1.82, 2.24) is 5.32 Å². The molecule has 0 radical (unpaired) electrons. The summed E-state index contributed by atoms with van der Waals surface area (Å²) in [5, 5.41) is 14.3. The summed E-state index contributed by atoms with van der Waals surface area (Å²) in [5.74, 6) is 1.67. The van der Waals surface area contributed by atoms with Gasteiger partial charge in [0.2, 0.25) is 5.91 Å². The lowest BCUT2D eigenvalue weighted by molar-refractivity contribution is -0.129. The van der Waals surface area contributed by atoms with Crippen molar-refractivity contribution >= 4 is 5.91 Å². The molecule has 1 aromatic rings. The van der Waals surface area contributed by atoms with E-state index in [2.05, 4.69) is 25.2 Å². The van der Waals surface area contributed by atoms with E-state index < -0.39 is 12.1 Å². The Balaban J connectivity index is 2.01. The Morgan fingerprint density at radius 3 is 2.49 bits per heavy atom. The van der Waals surface area contributed by atoms with Crippen LogP contribution in [0.1, 0.15) is 65.4 Å². The predicted octanol–water partition coefficient (Wildman–Crippen LogP) is 3.98. The first-order chi connectivity index (χ1) is 19.6. The zero-order valence-electron chi connectivity index (χ0n) is 26.4. The van der Waals surface area contributed by atoms with E-state index >= 15 is 0 Å². The maximum absolute atomic E-state index is 13.3. The van der Waals surface area contributed by atoms with E-state index in [9.17, 15) is 9.90 Å². The molecule has 1 heterocycles. The molecule has 1 amide bonds. The molecule has 1 aliphatic rings. The molecule has 0 spiro atoms. The lowest BCUT2D eigenvalue weighted by Gasteiger charge is -2.31. The third-order valence-electron chi connectivity index (χ3n) is 8.26. The first-order valence-corrected chi connectivity index (χ1v) is 15.2. The molecule has 0 saturated carbocycles. The molecule has 1 saturated heterocycles. The Morgan fingerprint density at radius 1 is 1.10 bits per heavy atom. The number of nitrogens with one attached hydrogen (secondary N) is 1. The fourth-order valence-electron chi connectivity index (χ4n) is 5.43. The molecule has 9 heteroatoms. The molecule has 1 aromatic carbocycles. The van der Waals surface area contributed by atoms with Crippen molar-refractivity contribution < 1.29 is 33.6 Å². The fraction of sp³-hybridized carbons (Fsp3) is 0.781. The number of hydrogen-bond donors (Lipinski definition) is 3. The first kappa shape index (κ1) is 35.3. The van der Waals surface area contributed by atoms with Gasteiger partial charge in [0.05, 0.1) is 38.6 Å². The summed E-state index contributed by atoms with van der Waals surface area (Å²) in [6, 6.07) is 5.48. The normalized spacial score (nSPS) is 20.8. The van der Waals surface area contributed by atoms with Gasteiger partial charge in [0.1, 0.15) is 0 Å². The number of hydrogen-bond acceptors (Lipinski definition) is 8. The van der Waals surface area contributed by atoms with E-state index in [-0.39, 0.29) is 35.8 Å². The summed E-state index contributed by atoms with van der Waals surface area (Å²) in [7, 11) is 5.01. The summed E-state index contributed by atoms with van der Waals surface area (Å²) < 4.78 is 27.8. The number of aliphatic hydroxyl groups excluding tert-OH is 1. The number of methoxy groups -OCH3 is 3. The molecule has 1 fully saturated rings. The standard InChI is InChI=1S/C32H56N2O7/c1-21(2)24(15-23-9-10-30(39-7)31(16-23)41-13-8-12-37-5)17-28(33)29(35)19-27(22(3)4)32(36)34-25-18-26(38-6)11-14-40-20-25/h9-10,16,21-22,24-29,35H,8,11-15,17-20,33H2,1-7H3,(H,34,36)/t24-,25+,26-,27-,28-,29-/m0/s1. The first-order valence-electron chi connectivity index (χ1n) is 15.2. The second-order valence-corrected chi connectivity index (χ2v) is 12.1. The van der Waals surface area contributed by atoms with E-state index in [4.69, 9.17) is 29.4 Å². The number of carbonyl (C=O) groups excluding carboxylic acids is 1. The lowest BCUT2D eigenvalue weighted by Crippen LogP contribution is -2.46. The molecule has 1 aliphatic heterocycles. The highest BCUT2D eigenvalue weighted by molar-refractivity contribution is 5.79. The van der Waals surface area contributed by atoms with Gasteiger partial charge in [-0.15, -0.1) is 0 Å². The molecular weight excluding hydrogens is 524 g/mol. The molecule has 0 aliphatic carbocycles. The number of nitrogens with two attached hydrogens (primary N) is 1. The minimum absolute atomic E-state index is 0.0595. The Kier molecular flexibility index (Phi) is 16.0. The van der Waals surface area contributed by atoms with Crippen molar-refractivity contribution in [2.45, 2.75) is 90.5 Å². The average Bonchev–Trinajstić information content (AvgIpc) is 3.18. The van der Waals surface area contributed by atoms with Crippen molar-refractivity contribution in [2.75, 3.05) is 47.8 Å². The maximum Gasteiger partial charge on any atom is 0.223 e. The van der Waals surface area contributed by atoms with Crippen molar-refractivity contribution in [2.24, 2.45) is 29.4 Å². The molecular formula is C32H56N2O7. The third-order valence-corrected chi connectivity index (χ3v) is 8.26. The van der Waals surface area contributed by atoms with Gasteiger partial charge in [-0.05, 0) is 67.6 Å². The minimum atomic E-state index is -0.790. The molecule has 0 bridgehead atoms. The highest BCUT2D eigenvalue weighted by Crippen LogP contribution is 2.32. The smallest absolute Gasteiger partial charge is 0.223 e. The Labute approximate surface area is 247 Å². The van der Waals surface area contributed by atoms with Crippen LogP contribution in [-0.4, -0.2) is 83.1 Å². The number of amides is 1. The molecule has 4 N–H and O–H groups in total. The summed E-state index contributed by atoms with van der Waals surface area (Å²) in [6.45, 7) is 10.7. The van der Waals surface area contributed by atoms with Gasteiger partial charge < -0.3 is 39.8 Å². The molecule has 41 heavy (non-hydrogen) atoms. The van der Waals surface area contributed by atoms with Gasteiger partial charge in [0, 0.05) is 45.8 Å². The van der Waals surface area contributed by atoms with Gasteiger partial charge in [0.15, 0.2) is 11.5 Å². The Hall–Kier alpha value is -1.91. The van der Waals surface area contributed by atoms with Crippen LogP contribution in [0.3, 0.4) is 0 Å². The number of carbonyl (C=O) groups is 1. The number of aliphatic hydroxyl groups is 1. The molecule has 0 unspecified atom stereocenters. The van der Waals surface area contributed by atoms with Crippen LogP contribution in [0.4, 0.5) is 0 Å². The van der Waals surface area contributed by atoms with Crippen molar-refractivity contribution in [3.05, 3.63) is 23.8 Å². The van der Waals surface area contributed by atoms with Gasteiger partial charge in [-0.25, -0.2) is 0 Å². The zero-order chi connectivity index (χ0) is 30.4. The van der Waals surface area contributed by atoms with E-state index in [0.717, 1.165) is 37.0 Å². The van der Waals surface area contributed by atoms with Gasteiger partial charge in [-0.3, -0.25) is 4.79 Å². The second-order valence-electron chi connectivity index (χ2n) is 12.1. The van der Waals surface area contributed by atoms with E-state index in [1.807, 2.05) is 26.0 Å².